The first-order valence-corrected chi connectivity index (χ1v) is 10.8. The van der Waals surface area contributed by atoms with Gasteiger partial charge in [-0.3, -0.25) is 9.78 Å². The third-order valence-corrected chi connectivity index (χ3v) is 5.35. The highest BCUT2D eigenvalue weighted by Crippen LogP contribution is 2.24. The predicted octanol–water partition coefficient (Wildman–Crippen LogP) is 2.19. The summed E-state index contributed by atoms with van der Waals surface area (Å²) in [7, 11) is 1.76. The summed E-state index contributed by atoms with van der Waals surface area (Å²) in [5.74, 6) is -0.688. The Morgan fingerprint density at radius 2 is 2.16 bits per heavy atom. The molecule has 1 fully saturated rings. The molecule has 172 valence electrons. The van der Waals surface area contributed by atoms with Crippen molar-refractivity contribution in [3.63, 3.8) is 0 Å². The fourth-order valence-corrected chi connectivity index (χ4v) is 3.57. The van der Waals surface area contributed by atoms with Crippen molar-refractivity contribution in [1.82, 2.24) is 20.5 Å². The van der Waals surface area contributed by atoms with Gasteiger partial charge in [0.15, 0.2) is 5.96 Å². The number of halogens is 2. The molecule has 2 N–H and O–H groups in total. The smallest absolute Gasteiger partial charge is 0.244 e. The summed E-state index contributed by atoms with van der Waals surface area (Å²) in [6.45, 7) is 4.40. The Morgan fingerprint density at radius 1 is 1.31 bits per heavy atom. The lowest BCUT2D eigenvalue weighted by Crippen LogP contribution is -2.45. The van der Waals surface area contributed by atoms with Gasteiger partial charge in [0.1, 0.15) is 18.2 Å². The van der Waals surface area contributed by atoms with Gasteiger partial charge in [-0.05, 0) is 37.6 Å². The molecule has 1 aromatic heterocycles. The van der Waals surface area contributed by atoms with Crippen LogP contribution >= 0.6 is 0 Å². The van der Waals surface area contributed by atoms with Gasteiger partial charge in [-0.15, -0.1) is 0 Å². The lowest BCUT2D eigenvalue weighted by atomic mass is 10.2. The molecule has 32 heavy (non-hydrogen) atoms. The van der Waals surface area contributed by atoms with E-state index in [1.54, 1.807) is 18.1 Å². The maximum absolute atomic E-state index is 14.1. The minimum atomic E-state index is -0.587. The normalized spacial score (nSPS) is 16.2. The Labute approximate surface area is 187 Å². The van der Waals surface area contributed by atoms with E-state index in [1.807, 2.05) is 30.0 Å². The first-order valence-electron chi connectivity index (χ1n) is 10.8. The summed E-state index contributed by atoms with van der Waals surface area (Å²) in [5.41, 5.74) is 1.33. The van der Waals surface area contributed by atoms with Gasteiger partial charge in [-0.1, -0.05) is 6.07 Å². The number of hydrogen-bond acceptors (Lipinski definition) is 4. The molecule has 3 rings (SSSR count). The van der Waals surface area contributed by atoms with Crippen LogP contribution in [0, 0.1) is 11.6 Å². The second kappa shape index (κ2) is 11.4. The van der Waals surface area contributed by atoms with Gasteiger partial charge in [0.2, 0.25) is 5.91 Å². The molecule has 0 spiro atoms. The third kappa shape index (κ3) is 6.63. The molecule has 0 radical (unpaired) electrons. The molecule has 2 aromatic rings. The highest BCUT2D eigenvalue weighted by molar-refractivity contribution is 5.85. The van der Waals surface area contributed by atoms with Gasteiger partial charge in [0, 0.05) is 63.6 Å². The van der Waals surface area contributed by atoms with E-state index in [0.717, 1.165) is 18.2 Å². The first-order chi connectivity index (χ1) is 15.5. The number of anilines is 1. The minimum absolute atomic E-state index is 0.0249. The number of nitrogens with one attached hydrogen (secondary N) is 2. The molecule has 1 aliphatic rings. The number of amides is 1. The highest BCUT2D eigenvalue weighted by atomic mass is 19.1. The van der Waals surface area contributed by atoms with Crippen LogP contribution in [0.25, 0.3) is 0 Å². The number of pyridine rings is 1. The van der Waals surface area contributed by atoms with Gasteiger partial charge in [0.25, 0.3) is 0 Å². The number of benzene rings is 1. The lowest BCUT2D eigenvalue weighted by molar-refractivity contribution is -0.128. The van der Waals surface area contributed by atoms with Gasteiger partial charge < -0.3 is 20.4 Å². The molecule has 1 saturated heterocycles. The van der Waals surface area contributed by atoms with Crippen molar-refractivity contribution in [2.75, 3.05) is 44.7 Å². The van der Waals surface area contributed by atoms with Crippen LogP contribution in [-0.2, 0) is 11.2 Å². The second-order valence-electron chi connectivity index (χ2n) is 7.75. The summed E-state index contributed by atoms with van der Waals surface area (Å²) >= 11 is 0. The fraction of sp³-hybridized carbons (Fsp3) is 0.435. The van der Waals surface area contributed by atoms with Gasteiger partial charge in [0.05, 0.1) is 5.69 Å². The number of likely N-dealkylation sites (N-methyl/N-ethyl adjacent to an activating group) is 1. The maximum atomic E-state index is 14.1. The van der Waals surface area contributed by atoms with Gasteiger partial charge >= 0.3 is 0 Å². The number of nitrogens with zero attached hydrogens (tertiary/aromatic N) is 4. The monoisotopic (exact) mass is 444 g/mol. The fourth-order valence-electron chi connectivity index (χ4n) is 3.57. The van der Waals surface area contributed by atoms with Gasteiger partial charge in [-0.25, -0.2) is 13.8 Å². The summed E-state index contributed by atoms with van der Waals surface area (Å²) in [4.78, 5) is 24.7. The van der Waals surface area contributed by atoms with Crippen LogP contribution < -0.4 is 15.5 Å². The Morgan fingerprint density at radius 3 is 2.88 bits per heavy atom. The molecule has 1 aromatic carbocycles. The Hall–Kier alpha value is -3.23. The van der Waals surface area contributed by atoms with E-state index in [9.17, 15) is 13.6 Å². The average molecular weight is 445 g/mol. The number of aliphatic imine (C=N–C) groups is 1. The van der Waals surface area contributed by atoms with Crippen LogP contribution in [0.2, 0.25) is 0 Å². The van der Waals surface area contributed by atoms with Crippen LogP contribution in [0.5, 0.6) is 0 Å². The zero-order valence-corrected chi connectivity index (χ0v) is 18.5. The van der Waals surface area contributed by atoms with Crippen LogP contribution in [0.15, 0.2) is 47.6 Å². The van der Waals surface area contributed by atoms with Crippen molar-refractivity contribution in [2.24, 2.45) is 4.99 Å². The van der Waals surface area contributed by atoms with E-state index in [0.29, 0.717) is 44.2 Å². The highest BCUT2D eigenvalue weighted by Gasteiger charge is 2.25. The molecule has 1 atom stereocenters. The average Bonchev–Trinajstić information content (AvgIpc) is 3.24. The number of carbonyl (C=O) groups excluding carboxylic acids is 1. The largest absolute Gasteiger partial charge is 0.367 e. The zero-order valence-electron chi connectivity index (χ0n) is 18.5. The minimum Gasteiger partial charge on any atom is -0.367 e. The molecule has 0 saturated carbocycles. The van der Waals surface area contributed by atoms with E-state index in [4.69, 9.17) is 0 Å². The molecule has 1 unspecified atom stereocenters. The molecule has 1 amide bonds. The van der Waals surface area contributed by atoms with E-state index in [-0.39, 0.29) is 18.5 Å². The van der Waals surface area contributed by atoms with Crippen molar-refractivity contribution in [2.45, 2.75) is 25.8 Å². The van der Waals surface area contributed by atoms with Crippen LogP contribution in [0.3, 0.4) is 0 Å². The Bertz CT molecular complexity index is 924. The van der Waals surface area contributed by atoms with Crippen molar-refractivity contribution in [3.8, 4) is 0 Å². The van der Waals surface area contributed by atoms with E-state index < -0.39 is 11.6 Å². The number of aromatic nitrogens is 1. The topological polar surface area (TPSA) is 72.9 Å². The van der Waals surface area contributed by atoms with Crippen molar-refractivity contribution < 1.29 is 13.6 Å². The summed E-state index contributed by atoms with van der Waals surface area (Å²) in [5, 5.41) is 6.47. The van der Waals surface area contributed by atoms with Gasteiger partial charge in [-0.2, -0.15) is 0 Å². The third-order valence-electron chi connectivity index (χ3n) is 5.35. The predicted molar refractivity (Wildman–Crippen MR) is 122 cm³/mol. The van der Waals surface area contributed by atoms with E-state index in [1.165, 1.54) is 12.1 Å². The molecule has 1 aliphatic heterocycles. The summed E-state index contributed by atoms with van der Waals surface area (Å²) in [6, 6.07) is 9.39. The molecule has 2 heterocycles. The lowest BCUT2D eigenvalue weighted by Gasteiger charge is -2.21. The molecule has 7 nitrogen and oxygen atoms in total. The summed E-state index contributed by atoms with van der Waals surface area (Å²) in [6.07, 6.45) is 3.20. The van der Waals surface area contributed by atoms with Crippen molar-refractivity contribution >= 4 is 17.6 Å². The molecule has 9 heteroatoms. The van der Waals surface area contributed by atoms with Crippen molar-refractivity contribution in [3.05, 3.63) is 59.9 Å². The second-order valence-corrected chi connectivity index (χ2v) is 7.75. The zero-order chi connectivity index (χ0) is 22.9. The van der Waals surface area contributed by atoms with E-state index >= 15 is 0 Å². The van der Waals surface area contributed by atoms with Crippen LogP contribution in [0.1, 0.15) is 19.0 Å². The first kappa shape index (κ1) is 23.4. The quantitative estimate of drug-likeness (QED) is 0.483. The number of hydrogen-bond donors (Lipinski definition) is 2. The Kier molecular flexibility index (Phi) is 8.35. The molecule has 0 bridgehead atoms. The van der Waals surface area contributed by atoms with Crippen molar-refractivity contribution in [1.29, 1.82) is 0 Å². The summed E-state index contributed by atoms with van der Waals surface area (Å²) < 4.78 is 27.3. The Balaban J connectivity index is 1.51. The van der Waals surface area contributed by atoms with Crippen LogP contribution in [-0.4, -0.2) is 67.6 Å². The molecule has 0 aliphatic carbocycles. The number of guanidine groups is 1. The number of rotatable bonds is 8. The maximum Gasteiger partial charge on any atom is 0.244 e. The molecular weight excluding hydrogens is 414 g/mol. The standard InChI is InChI=1S/C23H30F2N6O/c1-3-26-23(28-15-22(32)30(2)12-9-18-6-4-5-11-27-18)29-19-10-13-31(16-19)21-8-7-17(24)14-20(21)25/h4-8,11,14,19H,3,9-10,12-13,15-16H2,1-2H3,(H2,26,28,29). The van der Waals surface area contributed by atoms with Crippen LogP contribution in [0.4, 0.5) is 14.5 Å². The number of carbonyl (C=O) groups is 1. The molecular formula is C23H30F2N6O. The van der Waals surface area contributed by atoms with E-state index in [2.05, 4.69) is 20.6 Å². The SMILES string of the molecule is CCNC(=NCC(=O)N(C)CCc1ccccn1)NC1CCN(c2ccc(F)cc2F)C1.